The molecule has 1 aromatic heterocycles. The molecule has 0 saturated heterocycles. The van der Waals surface area contributed by atoms with Crippen LogP contribution >= 0.6 is 11.3 Å². The molecular weight excluding hydrogens is 214 g/mol. The van der Waals surface area contributed by atoms with E-state index in [1.54, 1.807) is 0 Å². The van der Waals surface area contributed by atoms with Gasteiger partial charge in [-0.05, 0) is 13.0 Å². The molecule has 0 fully saturated rings. The number of nitro groups is 1. The molecule has 0 spiro atoms. The second-order valence-corrected chi connectivity index (χ2v) is 4.04. The predicted molar refractivity (Wildman–Crippen MR) is 48.5 cm³/mol. The van der Waals surface area contributed by atoms with Gasteiger partial charge in [0.2, 0.25) is 0 Å². The van der Waals surface area contributed by atoms with E-state index in [2.05, 4.69) is 0 Å². The van der Waals surface area contributed by atoms with Crippen molar-refractivity contribution in [3.05, 3.63) is 27.1 Å². The normalized spacial score (nSPS) is 15.5. The van der Waals surface area contributed by atoms with Crippen molar-refractivity contribution in [1.29, 1.82) is 0 Å². The molecule has 1 heterocycles. The first-order valence-electron chi connectivity index (χ1n) is 3.67. The maximum absolute atomic E-state index is 12.4. The number of nitrogens with two attached hydrogens (primary N) is 1. The smallest absolute Gasteiger partial charge is 0.316 e. The van der Waals surface area contributed by atoms with Crippen molar-refractivity contribution < 1.29 is 13.7 Å². The Balaban J connectivity index is 3.02. The van der Waals surface area contributed by atoms with Crippen LogP contribution in [-0.2, 0) is 5.54 Å². The molecule has 1 unspecified atom stereocenters. The molecule has 7 heteroatoms. The lowest BCUT2D eigenvalue weighted by Crippen LogP contribution is -2.39. The fraction of sp³-hybridized carbons (Fsp3) is 0.429. The van der Waals surface area contributed by atoms with Crippen molar-refractivity contribution in [1.82, 2.24) is 0 Å². The van der Waals surface area contributed by atoms with Gasteiger partial charge in [-0.3, -0.25) is 10.1 Å². The average molecular weight is 222 g/mol. The molecular formula is C7H8F2N2O2S. The van der Waals surface area contributed by atoms with E-state index in [9.17, 15) is 18.9 Å². The van der Waals surface area contributed by atoms with E-state index in [0.29, 0.717) is 11.3 Å². The van der Waals surface area contributed by atoms with Gasteiger partial charge in [0.05, 0.1) is 4.92 Å². The Labute approximate surface area is 82.5 Å². The minimum Gasteiger partial charge on any atom is -0.316 e. The minimum absolute atomic E-state index is 0.110. The third-order valence-electron chi connectivity index (χ3n) is 1.76. The maximum Gasteiger partial charge on any atom is 0.324 e. The summed E-state index contributed by atoms with van der Waals surface area (Å²) in [5.41, 5.74) is 3.51. The molecule has 78 valence electrons. The highest BCUT2D eigenvalue weighted by Gasteiger charge is 2.35. The van der Waals surface area contributed by atoms with Crippen LogP contribution in [0.2, 0.25) is 0 Å². The van der Waals surface area contributed by atoms with E-state index in [1.807, 2.05) is 0 Å². The number of rotatable bonds is 3. The summed E-state index contributed by atoms with van der Waals surface area (Å²) in [6, 6.07) is 2.43. The molecule has 0 aromatic carbocycles. The third-order valence-corrected chi connectivity index (χ3v) is 3.05. The summed E-state index contributed by atoms with van der Waals surface area (Å²) in [4.78, 5) is 9.78. The highest BCUT2D eigenvalue weighted by atomic mass is 32.1. The van der Waals surface area contributed by atoms with Crippen LogP contribution in [0.5, 0.6) is 0 Å². The first kappa shape index (κ1) is 11.0. The molecule has 0 amide bonds. The molecule has 14 heavy (non-hydrogen) atoms. The van der Waals surface area contributed by atoms with Gasteiger partial charge in [-0.15, -0.1) is 0 Å². The molecule has 0 bridgehead atoms. The SMILES string of the molecule is CC(N)(c1ccc([N+](=O)[O-])s1)C(F)F. The zero-order valence-electron chi connectivity index (χ0n) is 7.24. The third kappa shape index (κ3) is 1.88. The first-order valence-corrected chi connectivity index (χ1v) is 4.49. The molecule has 0 aliphatic rings. The zero-order valence-corrected chi connectivity index (χ0v) is 8.05. The molecule has 0 radical (unpaired) electrons. The Morgan fingerprint density at radius 3 is 2.57 bits per heavy atom. The Hall–Kier alpha value is -1.08. The van der Waals surface area contributed by atoms with E-state index >= 15 is 0 Å². The number of hydrogen-bond donors (Lipinski definition) is 1. The van der Waals surface area contributed by atoms with E-state index in [1.165, 1.54) is 12.1 Å². The molecule has 4 nitrogen and oxygen atoms in total. The van der Waals surface area contributed by atoms with Crippen LogP contribution in [0.15, 0.2) is 12.1 Å². The lowest BCUT2D eigenvalue weighted by molar-refractivity contribution is -0.380. The van der Waals surface area contributed by atoms with Gasteiger partial charge in [-0.2, -0.15) is 0 Å². The number of hydrogen-bond acceptors (Lipinski definition) is 4. The van der Waals surface area contributed by atoms with Gasteiger partial charge in [0.25, 0.3) is 6.43 Å². The monoisotopic (exact) mass is 222 g/mol. The standard InChI is InChI=1S/C7H8F2N2O2S/c1-7(10,6(8)9)4-2-3-5(14-4)11(12)13/h2-3,6H,10H2,1H3. The van der Waals surface area contributed by atoms with Gasteiger partial charge >= 0.3 is 5.00 Å². The van der Waals surface area contributed by atoms with Crippen LogP contribution in [0.25, 0.3) is 0 Å². The minimum atomic E-state index is -2.75. The van der Waals surface area contributed by atoms with Crippen molar-refractivity contribution in [2.24, 2.45) is 5.73 Å². The molecule has 2 N–H and O–H groups in total. The van der Waals surface area contributed by atoms with E-state index in [0.717, 1.165) is 6.92 Å². The fourth-order valence-corrected chi connectivity index (χ4v) is 1.70. The number of nitrogens with zero attached hydrogens (tertiary/aromatic N) is 1. The average Bonchev–Trinajstić information content (AvgIpc) is 2.51. The summed E-state index contributed by atoms with van der Waals surface area (Å²) < 4.78 is 24.8. The fourth-order valence-electron chi connectivity index (χ4n) is 0.823. The van der Waals surface area contributed by atoms with E-state index < -0.39 is 16.9 Å². The van der Waals surface area contributed by atoms with Crippen LogP contribution in [0.1, 0.15) is 11.8 Å². The van der Waals surface area contributed by atoms with Gasteiger partial charge < -0.3 is 5.73 Å². The van der Waals surface area contributed by atoms with Crippen molar-refractivity contribution in [2.75, 3.05) is 0 Å². The predicted octanol–water partition coefficient (Wildman–Crippen LogP) is 2.10. The summed E-state index contributed by atoms with van der Waals surface area (Å²) in [7, 11) is 0. The zero-order chi connectivity index (χ0) is 10.9. The maximum atomic E-state index is 12.4. The lowest BCUT2D eigenvalue weighted by atomic mass is 10.0. The topological polar surface area (TPSA) is 69.2 Å². The van der Waals surface area contributed by atoms with Gasteiger partial charge in [-0.25, -0.2) is 8.78 Å². The number of alkyl halides is 2. The van der Waals surface area contributed by atoms with Gasteiger partial charge in [-0.1, -0.05) is 11.3 Å². The Morgan fingerprint density at radius 2 is 2.21 bits per heavy atom. The van der Waals surface area contributed by atoms with E-state index in [4.69, 9.17) is 5.73 Å². The molecule has 0 aliphatic heterocycles. The van der Waals surface area contributed by atoms with Gasteiger partial charge in [0.15, 0.2) is 0 Å². The highest BCUT2D eigenvalue weighted by Crippen LogP contribution is 2.34. The summed E-state index contributed by atoms with van der Waals surface area (Å²) in [6.45, 7) is 1.15. The highest BCUT2D eigenvalue weighted by molar-refractivity contribution is 7.15. The number of thiophene rings is 1. The quantitative estimate of drug-likeness (QED) is 0.628. The molecule has 0 aliphatic carbocycles. The molecule has 0 saturated carbocycles. The van der Waals surface area contributed by atoms with Crippen molar-refractivity contribution >= 4 is 16.3 Å². The Morgan fingerprint density at radius 1 is 1.64 bits per heavy atom. The lowest BCUT2D eigenvalue weighted by Gasteiger charge is -2.21. The van der Waals surface area contributed by atoms with Crippen LogP contribution in [0.3, 0.4) is 0 Å². The molecule has 1 atom stereocenters. The van der Waals surface area contributed by atoms with Crippen molar-refractivity contribution in [2.45, 2.75) is 18.9 Å². The van der Waals surface area contributed by atoms with Crippen molar-refractivity contribution in [3.8, 4) is 0 Å². The Bertz CT molecular complexity index is 351. The summed E-state index contributed by atoms with van der Waals surface area (Å²) in [5.74, 6) is 0. The molecule has 1 aromatic rings. The van der Waals surface area contributed by atoms with Gasteiger partial charge in [0, 0.05) is 10.9 Å². The summed E-state index contributed by atoms with van der Waals surface area (Å²) in [6.07, 6.45) is -2.75. The van der Waals surface area contributed by atoms with Gasteiger partial charge in [0.1, 0.15) is 5.54 Å². The molecule has 1 rings (SSSR count). The summed E-state index contributed by atoms with van der Waals surface area (Å²) in [5, 5.41) is 10.1. The summed E-state index contributed by atoms with van der Waals surface area (Å²) >= 11 is 0.672. The van der Waals surface area contributed by atoms with Crippen LogP contribution in [0.4, 0.5) is 13.8 Å². The number of halogens is 2. The largest absolute Gasteiger partial charge is 0.324 e. The van der Waals surface area contributed by atoms with Crippen molar-refractivity contribution in [3.63, 3.8) is 0 Å². The van der Waals surface area contributed by atoms with Crippen LogP contribution in [0, 0.1) is 10.1 Å². The first-order chi connectivity index (χ1) is 6.35. The Kier molecular flexibility index (Phi) is 2.81. The van der Waals surface area contributed by atoms with Crippen LogP contribution in [-0.4, -0.2) is 11.3 Å². The van der Waals surface area contributed by atoms with Crippen LogP contribution < -0.4 is 5.73 Å². The second-order valence-electron chi connectivity index (χ2n) is 2.98. The second kappa shape index (κ2) is 3.58. The van der Waals surface area contributed by atoms with E-state index in [-0.39, 0.29) is 9.88 Å².